The minimum Gasteiger partial charge on any atom is -0.355 e. The first kappa shape index (κ1) is 15.6. The Labute approximate surface area is 127 Å². The average molecular weight is 296 g/mol. The zero-order valence-electron chi connectivity index (χ0n) is 13.1. The number of aryl methyl sites for hydroxylation is 2. The van der Waals surface area contributed by atoms with Crippen molar-refractivity contribution in [2.75, 3.05) is 31.1 Å². The van der Waals surface area contributed by atoms with Crippen molar-refractivity contribution in [3.8, 4) is 0 Å². The smallest absolute Gasteiger partial charge is 0.133 e. The lowest BCUT2D eigenvalue weighted by Crippen LogP contribution is -2.37. The van der Waals surface area contributed by atoms with Crippen molar-refractivity contribution in [3.05, 3.63) is 22.9 Å². The molecule has 112 valence electrons. The van der Waals surface area contributed by atoms with Crippen LogP contribution in [0.5, 0.6) is 0 Å². The molecule has 0 saturated carbocycles. The molecule has 1 aromatic rings. The summed E-state index contributed by atoms with van der Waals surface area (Å²) < 4.78 is 0. The molecule has 1 atom stereocenters. The van der Waals surface area contributed by atoms with E-state index in [1.54, 1.807) is 0 Å². The van der Waals surface area contributed by atoms with Crippen LogP contribution in [0.2, 0.25) is 0 Å². The van der Waals surface area contributed by atoms with Gasteiger partial charge in [0.05, 0.1) is 5.88 Å². The summed E-state index contributed by atoms with van der Waals surface area (Å²) in [5, 5.41) is 0. The van der Waals surface area contributed by atoms with E-state index in [2.05, 4.69) is 43.6 Å². The van der Waals surface area contributed by atoms with Crippen LogP contribution < -0.4 is 4.90 Å². The molecule has 0 bridgehead atoms. The summed E-state index contributed by atoms with van der Waals surface area (Å²) in [7, 11) is 0. The van der Waals surface area contributed by atoms with Gasteiger partial charge in [0, 0.05) is 30.4 Å². The summed E-state index contributed by atoms with van der Waals surface area (Å²) in [6.45, 7) is 13.1. The molecule has 1 fully saturated rings. The summed E-state index contributed by atoms with van der Waals surface area (Å²) in [5.41, 5.74) is 3.53. The molecule has 3 nitrogen and oxygen atoms in total. The highest BCUT2D eigenvalue weighted by atomic mass is 35.5. The average Bonchev–Trinajstić information content (AvgIpc) is 2.89. The highest BCUT2D eigenvalue weighted by Crippen LogP contribution is 2.28. The van der Waals surface area contributed by atoms with Gasteiger partial charge in [-0.2, -0.15) is 0 Å². The number of aromatic nitrogens is 1. The largest absolute Gasteiger partial charge is 0.355 e. The van der Waals surface area contributed by atoms with Gasteiger partial charge in [0.1, 0.15) is 5.82 Å². The summed E-state index contributed by atoms with van der Waals surface area (Å²) in [5.74, 6) is 1.65. The molecule has 0 amide bonds. The molecule has 0 N–H and O–H groups in total. The number of hydrogen-bond donors (Lipinski definition) is 0. The second kappa shape index (κ2) is 6.77. The highest BCUT2D eigenvalue weighted by Gasteiger charge is 2.28. The number of likely N-dealkylation sites (N-methyl/N-ethyl adjacent to an activating group) is 1. The zero-order chi connectivity index (χ0) is 14.7. The molecule has 0 radical (unpaired) electrons. The number of nitrogens with zero attached hydrogens (tertiary/aromatic N) is 3. The molecule has 0 aromatic carbocycles. The van der Waals surface area contributed by atoms with Crippen LogP contribution in [0.3, 0.4) is 0 Å². The molecule has 1 aromatic heterocycles. The molecule has 2 heterocycles. The van der Waals surface area contributed by atoms with E-state index >= 15 is 0 Å². The van der Waals surface area contributed by atoms with Gasteiger partial charge in [0.25, 0.3) is 0 Å². The van der Waals surface area contributed by atoms with Crippen molar-refractivity contribution < 1.29 is 0 Å². The summed E-state index contributed by atoms with van der Waals surface area (Å²) in [4.78, 5) is 9.72. The fraction of sp³-hybridized carbons (Fsp3) is 0.688. The van der Waals surface area contributed by atoms with Gasteiger partial charge < -0.3 is 4.90 Å². The first-order valence-electron chi connectivity index (χ1n) is 7.62. The van der Waals surface area contributed by atoms with Crippen LogP contribution in [0, 0.1) is 13.8 Å². The maximum atomic E-state index is 6.14. The first-order valence-corrected chi connectivity index (χ1v) is 8.16. The van der Waals surface area contributed by atoms with Crippen LogP contribution in [-0.4, -0.2) is 42.1 Å². The van der Waals surface area contributed by atoms with Gasteiger partial charge in [-0.1, -0.05) is 13.8 Å². The predicted octanol–water partition coefficient (Wildman–Crippen LogP) is 3.36. The van der Waals surface area contributed by atoms with Crippen molar-refractivity contribution in [2.24, 2.45) is 0 Å². The quantitative estimate of drug-likeness (QED) is 0.777. The van der Waals surface area contributed by atoms with E-state index in [0.717, 1.165) is 37.7 Å². The molecule has 1 aliphatic heterocycles. The molecular weight excluding hydrogens is 270 g/mol. The number of pyridine rings is 1. The molecule has 2 rings (SSSR count). The van der Waals surface area contributed by atoms with Crippen molar-refractivity contribution >= 4 is 17.4 Å². The molecular formula is C16H26ClN3. The van der Waals surface area contributed by atoms with Gasteiger partial charge in [-0.15, -0.1) is 11.6 Å². The lowest BCUT2D eigenvalue weighted by molar-refractivity contribution is 0.232. The van der Waals surface area contributed by atoms with Crippen molar-refractivity contribution in [2.45, 2.75) is 46.0 Å². The third-order valence-electron chi connectivity index (χ3n) is 4.38. The van der Waals surface area contributed by atoms with Crippen molar-refractivity contribution in [3.63, 3.8) is 0 Å². The topological polar surface area (TPSA) is 19.4 Å². The van der Waals surface area contributed by atoms with Crippen molar-refractivity contribution in [1.29, 1.82) is 0 Å². The Morgan fingerprint density at radius 2 is 2.05 bits per heavy atom. The number of anilines is 1. The lowest BCUT2D eigenvalue weighted by Gasteiger charge is -2.27. The monoisotopic (exact) mass is 295 g/mol. The normalized spacial score (nSPS) is 19.1. The Morgan fingerprint density at radius 1 is 1.35 bits per heavy atom. The fourth-order valence-corrected chi connectivity index (χ4v) is 3.57. The van der Waals surface area contributed by atoms with Crippen LogP contribution in [0.4, 0.5) is 5.82 Å². The molecule has 0 aliphatic carbocycles. The highest BCUT2D eigenvalue weighted by molar-refractivity contribution is 6.17. The van der Waals surface area contributed by atoms with Gasteiger partial charge in [-0.05, 0) is 45.0 Å². The van der Waals surface area contributed by atoms with Crippen LogP contribution in [0.25, 0.3) is 0 Å². The number of halogens is 1. The van der Waals surface area contributed by atoms with E-state index in [9.17, 15) is 0 Å². The molecule has 0 spiro atoms. The standard InChI is InChI=1S/C16H26ClN3/c1-5-19(6-2)14-7-8-20(11-14)16-15(10-17)12(3)9-13(4)18-16/h9,14H,5-8,10-11H2,1-4H3. The van der Waals surface area contributed by atoms with E-state index in [-0.39, 0.29) is 0 Å². The van der Waals surface area contributed by atoms with E-state index in [1.807, 2.05) is 0 Å². The number of rotatable bonds is 5. The SMILES string of the molecule is CCN(CC)C1CCN(c2nc(C)cc(C)c2CCl)C1. The Kier molecular flexibility index (Phi) is 5.28. The second-order valence-corrected chi connectivity index (χ2v) is 5.89. The maximum Gasteiger partial charge on any atom is 0.133 e. The van der Waals surface area contributed by atoms with E-state index in [0.29, 0.717) is 11.9 Å². The van der Waals surface area contributed by atoms with Crippen molar-refractivity contribution in [1.82, 2.24) is 9.88 Å². The minimum atomic E-state index is 0.543. The minimum absolute atomic E-state index is 0.543. The Bertz CT molecular complexity index is 457. The van der Waals surface area contributed by atoms with Crippen LogP contribution >= 0.6 is 11.6 Å². The Morgan fingerprint density at radius 3 is 2.65 bits per heavy atom. The molecule has 1 saturated heterocycles. The summed E-state index contributed by atoms with van der Waals surface area (Å²) in [6, 6.07) is 2.77. The predicted molar refractivity (Wildman–Crippen MR) is 86.8 cm³/mol. The van der Waals surface area contributed by atoms with Gasteiger partial charge in [0.15, 0.2) is 0 Å². The molecule has 1 unspecified atom stereocenters. The van der Waals surface area contributed by atoms with Crippen LogP contribution in [0.1, 0.15) is 37.1 Å². The Hall–Kier alpha value is -0.800. The first-order chi connectivity index (χ1) is 9.60. The molecule has 4 heteroatoms. The second-order valence-electron chi connectivity index (χ2n) is 5.63. The van der Waals surface area contributed by atoms with Crippen LogP contribution in [0.15, 0.2) is 6.07 Å². The third-order valence-corrected chi connectivity index (χ3v) is 4.65. The maximum absolute atomic E-state index is 6.14. The fourth-order valence-electron chi connectivity index (χ4n) is 3.24. The number of alkyl halides is 1. The van der Waals surface area contributed by atoms with Gasteiger partial charge in [-0.25, -0.2) is 4.98 Å². The van der Waals surface area contributed by atoms with E-state index in [4.69, 9.17) is 16.6 Å². The lowest BCUT2D eigenvalue weighted by atomic mass is 10.1. The van der Waals surface area contributed by atoms with Gasteiger partial charge >= 0.3 is 0 Å². The summed E-state index contributed by atoms with van der Waals surface area (Å²) >= 11 is 6.14. The van der Waals surface area contributed by atoms with Crippen LogP contribution in [-0.2, 0) is 5.88 Å². The van der Waals surface area contributed by atoms with Gasteiger partial charge in [-0.3, -0.25) is 4.90 Å². The molecule has 20 heavy (non-hydrogen) atoms. The van der Waals surface area contributed by atoms with E-state index in [1.165, 1.54) is 17.5 Å². The zero-order valence-corrected chi connectivity index (χ0v) is 13.9. The number of hydrogen-bond acceptors (Lipinski definition) is 3. The molecule has 1 aliphatic rings. The van der Waals surface area contributed by atoms with E-state index < -0.39 is 0 Å². The third kappa shape index (κ3) is 3.09. The van der Waals surface area contributed by atoms with Gasteiger partial charge in [0.2, 0.25) is 0 Å². The summed E-state index contributed by atoms with van der Waals surface area (Å²) in [6.07, 6.45) is 1.22. The Balaban J connectivity index is 2.21.